The average Bonchev–Trinajstić information content (AvgIpc) is 3.07. The lowest BCUT2D eigenvalue weighted by atomic mass is 9.84. The SMILES string of the molecule is CCNC(=NCC1(CCO)CCOC1)NCCCc1ccc(Cl)cc1Cl.I. The van der Waals surface area contributed by atoms with E-state index in [9.17, 15) is 5.11 Å². The first-order chi connectivity index (χ1) is 12.6. The maximum Gasteiger partial charge on any atom is 0.191 e. The van der Waals surface area contributed by atoms with E-state index >= 15 is 0 Å². The summed E-state index contributed by atoms with van der Waals surface area (Å²) in [5.41, 5.74) is 1.07. The van der Waals surface area contributed by atoms with Crippen LogP contribution in [0.15, 0.2) is 23.2 Å². The number of aliphatic hydroxyl groups excluding tert-OH is 1. The van der Waals surface area contributed by atoms with E-state index in [2.05, 4.69) is 10.6 Å². The summed E-state index contributed by atoms with van der Waals surface area (Å²) in [7, 11) is 0. The van der Waals surface area contributed by atoms with Crippen molar-refractivity contribution >= 4 is 53.1 Å². The van der Waals surface area contributed by atoms with Gasteiger partial charge in [-0.1, -0.05) is 29.3 Å². The van der Waals surface area contributed by atoms with E-state index in [0.29, 0.717) is 23.2 Å². The van der Waals surface area contributed by atoms with Gasteiger partial charge in [0.15, 0.2) is 5.96 Å². The highest BCUT2D eigenvalue weighted by Gasteiger charge is 2.34. The van der Waals surface area contributed by atoms with Crippen LogP contribution in [0.2, 0.25) is 10.0 Å². The molecule has 0 aliphatic carbocycles. The average molecular weight is 530 g/mol. The Morgan fingerprint density at radius 3 is 2.78 bits per heavy atom. The van der Waals surface area contributed by atoms with Gasteiger partial charge in [-0.3, -0.25) is 4.99 Å². The molecule has 3 N–H and O–H groups in total. The summed E-state index contributed by atoms with van der Waals surface area (Å²) in [6.07, 6.45) is 3.50. The van der Waals surface area contributed by atoms with Gasteiger partial charge in [-0.05, 0) is 50.3 Å². The van der Waals surface area contributed by atoms with Gasteiger partial charge in [0.2, 0.25) is 0 Å². The number of aliphatic hydroxyl groups is 1. The van der Waals surface area contributed by atoms with Crippen LogP contribution in [0.3, 0.4) is 0 Å². The van der Waals surface area contributed by atoms with Crippen LogP contribution in [-0.2, 0) is 11.2 Å². The van der Waals surface area contributed by atoms with E-state index in [1.807, 2.05) is 19.1 Å². The third kappa shape index (κ3) is 8.31. The number of benzene rings is 1. The summed E-state index contributed by atoms with van der Waals surface area (Å²) in [5.74, 6) is 0.805. The van der Waals surface area contributed by atoms with Crippen molar-refractivity contribution in [1.82, 2.24) is 10.6 Å². The van der Waals surface area contributed by atoms with Crippen LogP contribution in [0.1, 0.15) is 31.7 Å². The molecule has 1 fully saturated rings. The molecular weight excluding hydrogens is 500 g/mol. The molecule has 1 aliphatic heterocycles. The van der Waals surface area contributed by atoms with Crippen molar-refractivity contribution < 1.29 is 9.84 Å². The van der Waals surface area contributed by atoms with E-state index in [1.54, 1.807) is 6.07 Å². The highest BCUT2D eigenvalue weighted by molar-refractivity contribution is 14.0. The maximum absolute atomic E-state index is 9.33. The fraction of sp³-hybridized carbons (Fsp3) is 0.632. The lowest BCUT2D eigenvalue weighted by Crippen LogP contribution is -2.39. The zero-order valence-corrected chi connectivity index (χ0v) is 19.6. The van der Waals surface area contributed by atoms with E-state index < -0.39 is 0 Å². The van der Waals surface area contributed by atoms with Crippen LogP contribution in [0.5, 0.6) is 0 Å². The molecule has 154 valence electrons. The van der Waals surface area contributed by atoms with Gasteiger partial charge in [-0.25, -0.2) is 0 Å². The van der Waals surface area contributed by atoms with E-state index in [-0.39, 0.29) is 36.0 Å². The lowest BCUT2D eigenvalue weighted by Gasteiger charge is -2.24. The largest absolute Gasteiger partial charge is 0.396 e. The van der Waals surface area contributed by atoms with Crippen molar-refractivity contribution in [2.24, 2.45) is 10.4 Å². The fourth-order valence-electron chi connectivity index (χ4n) is 3.09. The third-order valence-corrected chi connectivity index (χ3v) is 5.26. The third-order valence-electron chi connectivity index (χ3n) is 4.67. The summed E-state index contributed by atoms with van der Waals surface area (Å²) < 4.78 is 5.53. The molecule has 0 aromatic heterocycles. The first kappa shape index (κ1) is 24.8. The molecule has 5 nitrogen and oxygen atoms in total. The van der Waals surface area contributed by atoms with Crippen LogP contribution in [0.25, 0.3) is 0 Å². The van der Waals surface area contributed by atoms with E-state index in [1.165, 1.54) is 0 Å². The molecular formula is C19H30Cl2IN3O2. The van der Waals surface area contributed by atoms with E-state index in [4.69, 9.17) is 32.9 Å². The number of aliphatic imine (C=N–C) groups is 1. The first-order valence-electron chi connectivity index (χ1n) is 9.23. The fourth-order valence-corrected chi connectivity index (χ4v) is 3.59. The van der Waals surface area contributed by atoms with Crippen LogP contribution >= 0.6 is 47.2 Å². The minimum absolute atomic E-state index is 0. The molecule has 1 saturated heterocycles. The monoisotopic (exact) mass is 529 g/mol. The molecule has 1 aromatic rings. The van der Waals surface area contributed by atoms with E-state index in [0.717, 1.165) is 56.9 Å². The lowest BCUT2D eigenvalue weighted by molar-refractivity contribution is 0.131. The zero-order chi connectivity index (χ0) is 18.8. The maximum atomic E-state index is 9.33. The second-order valence-electron chi connectivity index (χ2n) is 6.74. The Bertz CT molecular complexity index is 596. The molecule has 1 atom stereocenters. The first-order valence-corrected chi connectivity index (χ1v) is 9.99. The number of aryl methyl sites for hydroxylation is 1. The van der Waals surface area contributed by atoms with Gasteiger partial charge in [-0.2, -0.15) is 0 Å². The number of hydrogen-bond donors (Lipinski definition) is 3. The Labute approximate surface area is 189 Å². The normalized spacial score (nSPS) is 19.6. The summed E-state index contributed by atoms with van der Waals surface area (Å²) in [4.78, 5) is 4.72. The molecule has 8 heteroatoms. The van der Waals surface area contributed by atoms with Crippen molar-refractivity contribution in [3.8, 4) is 0 Å². The predicted molar refractivity (Wildman–Crippen MR) is 124 cm³/mol. The van der Waals surface area contributed by atoms with Crippen molar-refractivity contribution in [2.75, 3.05) is 39.5 Å². The number of ether oxygens (including phenoxy) is 1. The van der Waals surface area contributed by atoms with Crippen LogP contribution in [0, 0.1) is 5.41 Å². The molecule has 1 unspecified atom stereocenters. The number of rotatable bonds is 9. The number of hydrogen-bond acceptors (Lipinski definition) is 3. The molecule has 1 aliphatic rings. The van der Waals surface area contributed by atoms with Crippen LogP contribution < -0.4 is 10.6 Å². The highest BCUT2D eigenvalue weighted by Crippen LogP contribution is 2.32. The van der Waals surface area contributed by atoms with Crippen LogP contribution in [-0.4, -0.2) is 50.5 Å². The number of nitrogens with zero attached hydrogens (tertiary/aromatic N) is 1. The topological polar surface area (TPSA) is 65.9 Å². The minimum atomic E-state index is -0.0338. The Morgan fingerprint density at radius 1 is 1.33 bits per heavy atom. The number of guanidine groups is 1. The molecule has 0 bridgehead atoms. The quantitative estimate of drug-likeness (QED) is 0.196. The number of halogens is 3. The van der Waals surface area contributed by atoms with Crippen molar-refractivity contribution in [3.05, 3.63) is 33.8 Å². The van der Waals surface area contributed by atoms with Gasteiger partial charge < -0.3 is 20.5 Å². The number of nitrogens with one attached hydrogen (secondary N) is 2. The Morgan fingerprint density at radius 2 is 2.15 bits per heavy atom. The second kappa shape index (κ2) is 13.0. The van der Waals surface area contributed by atoms with Gasteiger partial charge in [0.05, 0.1) is 13.2 Å². The predicted octanol–water partition coefficient (Wildman–Crippen LogP) is 3.89. The molecule has 1 aromatic carbocycles. The zero-order valence-electron chi connectivity index (χ0n) is 15.8. The van der Waals surface area contributed by atoms with Gasteiger partial charge in [0.1, 0.15) is 0 Å². The smallest absolute Gasteiger partial charge is 0.191 e. The summed E-state index contributed by atoms with van der Waals surface area (Å²) in [6, 6.07) is 5.62. The van der Waals surface area contributed by atoms with Gasteiger partial charge in [0.25, 0.3) is 0 Å². The van der Waals surface area contributed by atoms with Gasteiger partial charge in [-0.15, -0.1) is 24.0 Å². The molecule has 0 radical (unpaired) electrons. The molecule has 0 saturated carbocycles. The Balaban J connectivity index is 0.00000364. The van der Waals surface area contributed by atoms with Crippen molar-refractivity contribution in [3.63, 3.8) is 0 Å². The Hall–Kier alpha value is -0.280. The van der Waals surface area contributed by atoms with Gasteiger partial charge in [0, 0.05) is 41.8 Å². The molecule has 0 spiro atoms. The standard InChI is InChI=1S/C19H29Cl2N3O2.HI/c1-2-22-18(24-13-19(7-10-25)8-11-26-14-19)23-9-3-4-15-5-6-16(20)12-17(15)21;/h5-6,12,25H,2-4,7-11,13-14H2,1H3,(H2,22,23,24);1H. The molecule has 1 heterocycles. The summed E-state index contributed by atoms with van der Waals surface area (Å²) in [5, 5.41) is 17.3. The summed E-state index contributed by atoms with van der Waals surface area (Å²) in [6.45, 7) is 5.91. The minimum Gasteiger partial charge on any atom is -0.396 e. The molecule has 27 heavy (non-hydrogen) atoms. The Kier molecular flexibility index (Phi) is 12.0. The van der Waals surface area contributed by atoms with Crippen molar-refractivity contribution in [2.45, 2.75) is 32.6 Å². The summed E-state index contributed by atoms with van der Waals surface area (Å²) >= 11 is 12.1. The molecule has 0 amide bonds. The van der Waals surface area contributed by atoms with Crippen LogP contribution in [0.4, 0.5) is 0 Å². The van der Waals surface area contributed by atoms with Crippen molar-refractivity contribution in [1.29, 1.82) is 0 Å². The second-order valence-corrected chi connectivity index (χ2v) is 7.58. The molecule has 2 rings (SSSR count). The highest BCUT2D eigenvalue weighted by atomic mass is 127. The van der Waals surface area contributed by atoms with Gasteiger partial charge >= 0.3 is 0 Å².